The van der Waals surface area contributed by atoms with Gasteiger partial charge in [0.25, 0.3) is 0 Å². The van der Waals surface area contributed by atoms with Crippen LogP contribution in [0.25, 0.3) is 61.4 Å². The van der Waals surface area contributed by atoms with Crippen LogP contribution in [0.5, 0.6) is 0 Å². The molecule has 0 aliphatic heterocycles. The van der Waals surface area contributed by atoms with Crippen LogP contribution in [0.2, 0.25) is 0 Å². The van der Waals surface area contributed by atoms with Gasteiger partial charge in [0.1, 0.15) is 11.5 Å². The smallest absolute Gasteiger partial charge is 0.145 e. The number of benzene rings is 2. The molecule has 0 aliphatic carbocycles. The predicted molar refractivity (Wildman–Crippen MR) is 140 cm³/mol. The molecule has 7 rings (SSSR count). The molecule has 0 aliphatic rings. The maximum atomic E-state index is 5.03. The molecule has 0 saturated carbocycles. The molecule has 0 fully saturated rings. The maximum absolute atomic E-state index is 5.03. The third-order valence-corrected chi connectivity index (χ3v) is 6.30. The highest BCUT2D eigenvalue weighted by Gasteiger charge is 2.15. The molecule has 5 nitrogen and oxygen atoms in total. The van der Waals surface area contributed by atoms with E-state index in [0.717, 1.165) is 61.4 Å². The summed E-state index contributed by atoms with van der Waals surface area (Å²) in [5.41, 5.74) is 7.53. The first kappa shape index (κ1) is 19.6. The molecule has 2 aromatic carbocycles. The fraction of sp³-hybridized carbons (Fsp3) is 0. The summed E-state index contributed by atoms with van der Waals surface area (Å²) in [4.78, 5) is 19.2. The van der Waals surface area contributed by atoms with E-state index in [4.69, 9.17) is 9.97 Å². The predicted octanol–water partition coefficient (Wildman–Crippen LogP) is 6.83. The Hall–Kier alpha value is -4.90. The number of fused-ring (bicyclic) bond motifs is 4. The third kappa shape index (κ3) is 3.25. The van der Waals surface area contributed by atoms with Gasteiger partial charge in [-0.25, -0.2) is 9.97 Å². The number of pyridine rings is 4. The van der Waals surface area contributed by atoms with Crippen LogP contribution >= 0.6 is 0 Å². The Kier molecular flexibility index (Phi) is 4.39. The number of imidazole rings is 1. The molecular weight excluding hydrogens is 430 g/mol. The highest BCUT2D eigenvalue weighted by Crippen LogP contribution is 2.31. The molecule has 0 bridgehead atoms. The van der Waals surface area contributed by atoms with Crippen molar-refractivity contribution in [2.75, 3.05) is 0 Å². The van der Waals surface area contributed by atoms with Gasteiger partial charge in [0.15, 0.2) is 0 Å². The van der Waals surface area contributed by atoms with E-state index < -0.39 is 0 Å². The van der Waals surface area contributed by atoms with Gasteiger partial charge >= 0.3 is 0 Å². The van der Waals surface area contributed by atoms with Crippen molar-refractivity contribution in [3.63, 3.8) is 0 Å². The van der Waals surface area contributed by atoms with Gasteiger partial charge in [0.2, 0.25) is 0 Å². The normalized spacial score (nSPS) is 11.4. The Labute approximate surface area is 201 Å². The minimum atomic E-state index is 0.856. The van der Waals surface area contributed by atoms with Crippen LogP contribution in [0.4, 0.5) is 0 Å². The zero-order chi connectivity index (χ0) is 23.2. The van der Waals surface area contributed by atoms with E-state index in [-0.39, 0.29) is 0 Å². The van der Waals surface area contributed by atoms with Crippen molar-refractivity contribution in [1.82, 2.24) is 24.3 Å². The van der Waals surface area contributed by atoms with Crippen molar-refractivity contribution >= 4 is 27.3 Å². The Morgan fingerprint density at radius 2 is 1.37 bits per heavy atom. The van der Waals surface area contributed by atoms with Gasteiger partial charge in [-0.2, -0.15) is 0 Å². The molecule has 0 amide bonds. The van der Waals surface area contributed by atoms with E-state index in [1.54, 1.807) is 6.20 Å². The minimum Gasteiger partial charge on any atom is -0.299 e. The summed E-state index contributed by atoms with van der Waals surface area (Å²) in [6, 6.07) is 32.8. The highest BCUT2D eigenvalue weighted by molar-refractivity contribution is 6.03. The topological polar surface area (TPSA) is 56.0 Å². The van der Waals surface area contributed by atoms with Crippen LogP contribution in [-0.2, 0) is 0 Å². The second-order valence-corrected chi connectivity index (χ2v) is 8.44. The van der Waals surface area contributed by atoms with Gasteiger partial charge in [0, 0.05) is 40.5 Å². The average molecular weight is 450 g/mol. The summed E-state index contributed by atoms with van der Waals surface area (Å²) in [6.45, 7) is 0. The lowest BCUT2D eigenvalue weighted by atomic mass is 10.0. The first-order chi connectivity index (χ1) is 17.3. The van der Waals surface area contributed by atoms with E-state index in [9.17, 15) is 0 Å². The molecule has 0 saturated heterocycles. The second-order valence-electron chi connectivity index (χ2n) is 8.44. The molecule has 5 heterocycles. The van der Waals surface area contributed by atoms with Crippen LogP contribution in [0, 0.1) is 0 Å². The van der Waals surface area contributed by atoms with Crippen LogP contribution < -0.4 is 0 Å². The first-order valence-corrected chi connectivity index (χ1v) is 11.5. The molecule has 0 N–H and O–H groups in total. The van der Waals surface area contributed by atoms with Crippen LogP contribution in [0.15, 0.2) is 116 Å². The third-order valence-electron chi connectivity index (χ3n) is 6.30. The molecule has 0 atom stereocenters. The molecular formula is C30H19N5. The summed E-state index contributed by atoms with van der Waals surface area (Å²) < 4.78 is 2.12. The number of hydrogen-bond acceptors (Lipinski definition) is 4. The quantitative estimate of drug-likeness (QED) is 0.278. The summed E-state index contributed by atoms with van der Waals surface area (Å²) in [6.07, 6.45) is 5.66. The summed E-state index contributed by atoms with van der Waals surface area (Å²) in [7, 11) is 0. The average Bonchev–Trinajstić information content (AvgIpc) is 3.33. The molecule has 0 unspecified atom stereocenters. The van der Waals surface area contributed by atoms with E-state index in [1.807, 2.05) is 48.8 Å². The lowest BCUT2D eigenvalue weighted by Crippen LogP contribution is -1.91. The van der Waals surface area contributed by atoms with Crippen molar-refractivity contribution in [2.24, 2.45) is 0 Å². The fourth-order valence-electron chi connectivity index (χ4n) is 4.63. The van der Waals surface area contributed by atoms with E-state index >= 15 is 0 Å². The van der Waals surface area contributed by atoms with Gasteiger partial charge in [-0.3, -0.25) is 14.4 Å². The van der Waals surface area contributed by atoms with E-state index in [2.05, 4.69) is 75.0 Å². The molecule has 5 heteroatoms. The lowest BCUT2D eigenvalue weighted by molar-refractivity contribution is 1.16. The Morgan fingerprint density at radius 3 is 2.29 bits per heavy atom. The SMILES string of the molecule is c1ccc(-c2nc(-c3cccc(-c4ccc5ccc6cccnc6c5n4)c3)n3ccccc23)nc1. The minimum absolute atomic E-state index is 0.856. The molecule has 0 radical (unpaired) electrons. The Balaban J connectivity index is 1.39. The zero-order valence-corrected chi connectivity index (χ0v) is 18.7. The van der Waals surface area contributed by atoms with Crippen molar-refractivity contribution in [2.45, 2.75) is 0 Å². The lowest BCUT2D eigenvalue weighted by Gasteiger charge is -2.08. The van der Waals surface area contributed by atoms with Crippen molar-refractivity contribution in [3.8, 4) is 34.0 Å². The Bertz CT molecular complexity index is 1850. The van der Waals surface area contributed by atoms with Gasteiger partial charge in [0.05, 0.1) is 27.9 Å². The fourth-order valence-corrected chi connectivity index (χ4v) is 4.63. The number of rotatable bonds is 3. The first-order valence-electron chi connectivity index (χ1n) is 11.5. The van der Waals surface area contributed by atoms with Crippen LogP contribution in [-0.4, -0.2) is 24.3 Å². The monoisotopic (exact) mass is 449 g/mol. The summed E-state index contributed by atoms with van der Waals surface area (Å²) in [5.74, 6) is 0.871. The number of hydrogen-bond donors (Lipinski definition) is 0. The van der Waals surface area contributed by atoms with Gasteiger partial charge in [-0.05, 0) is 42.5 Å². The maximum Gasteiger partial charge on any atom is 0.145 e. The van der Waals surface area contributed by atoms with E-state index in [1.165, 1.54) is 0 Å². The number of aromatic nitrogens is 5. The molecule has 35 heavy (non-hydrogen) atoms. The highest BCUT2D eigenvalue weighted by atomic mass is 15.0. The Morgan fingerprint density at radius 1 is 0.543 bits per heavy atom. The molecule has 7 aromatic rings. The molecule has 5 aromatic heterocycles. The summed E-state index contributed by atoms with van der Waals surface area (Å²) in [5, 5.41) is 2.17. The van der Waals surface area contributed by atoms with Crippen molar-refractivity contribution in [3.05, 3.63) is 116 Å². The van der Waals surface area contributed by atoms with E-state index in [0.29, 0.717) is 0 Å². The van der Waals surface area contributed by atoms with Gasteiger partial charge in [-0.15, -0.1) is 0 Å². The molecule has 0 spiro atoms. The van der Waals surface area contributed by atoms with Crippen LogP contribution in [0.1, 0.15) is 0 Å². The second kappa shape index (κ2) is 7.85. The van der Waals surface area contributed by atoms with Crippen molar-refractivity contribution < 1.29 is 0 Å². The van der Waals surface area contributed by atoms with Gasteiger partial charge in [-0.1, -0.05) is 54.6 Å². The van der Waals surface area contributed by atoms with Gasteiger partial charge < -0.3 is 0 Å². The standard InChI is InChI=1S/C30H19N5/c1-3-16-31-25(10-1)29-26-11-2-4-18-35(26)30(34-29)23-8-5-7-22(19-23)24-15-14-21-13-12-20-9-6-17-32-27(20)28(21)33-24/h1-19H. The largest absolute Gasteiger partial charge is 0.299 e. The number of nitrogens with zero attached hydrogens (tertiary/aromatic N) is 5. The van der Waals surface area contributed by atoms with Crippen molar-refractivity contribution in [1.29, 1.82) is 0 Å². The zero-order valence-electron chi connectivity index (χ0n) is 18.7. The summed E-state index contributed by atoms with van der Waals surface area (Å²) >= 11 is 0. The molecule has 164 valence electrons. The van der Waals surface area contributed by atoms with Crippen LogP contribution in [0.3, 0.4) is 0 Å².